The summed E-state index contributed by atoms with van der Waals surface area (Å²) in [4.78, 5) is 26.7. The van der Waals surface area contributed by atoms with E-state index >= 15 is 0 Å². The normalized spacial score (nSPS) is 10.9. The van der Waals surface area contributed by atoms with Gasteiger partial charge in [-0.15, -0.1) is 0 Å². The molecule has 0 saturated heterocycles. The number of amides is 1. The number of fused-ring (bicyclic) bond motifs is 1. The Hall–Kier alpha value is -2.60. The van der Waals surface area contributed by atoms with Crippen molar-refractivity contribution in [2.45, 2.75) is 13.5 Å². The number of H-pyrrole nitrogens is 1. The van der Waals surface area contributed by atoms with Crippen LogP contribution >= 0.6 is 11.6 Å². The molecule has 2 aromatic carbocycles. The second kappa shape index (κ2) is 5.89. The van der Waals surface area contributed by atoms with Gasteiger partial charge in [0.05, 0.1) is 11.0 Å². The third kappa shape index (κ3) is 2.98. The average molecular weight is 334 g/mol. The van der Waals surface area contributed by atoms with Gasteiger partial charge in [-0.25, -0.2) is 9.18 Å². The van der Waals surface area contributed by atoms with Gasteiger partial charge in [-0.1, -0.05) is 17.7 Å². The number of benzene rings is 2. The fourth-order valence-electron chi connectivity index (χ4n) is 2.37. The van der Waals surface area contributed by atoms with Gasteiger partial charge in [0.15, 0.2) is 0 Å². The summed E-state index contributed by atoms with van der Waals surface area (Å²) in [5.74, 6) is -0.826. The molecule has 0 aliphatic heterocycles. The van der Waals surface area contributed by atoms with Crippen LogP contribution in [-0.2, 0) is 11.3 Å². The molecule has 0 atom stereocenters. The number of imidazole rings is 1. The van der Waals surface area contributed by atoms with Crippen LogP contribution in [0.25, 0.3) is 11.0 Å². The summed E-state index contributed by atoms with van der Waals surface area (Å²) in [6.07, 6.45) is 0. The monoisotopic (exact) mass is 333 g/mol. The number of carbonyl (C=O) groups excluding carboxylic acids is 1. The highest BCUT2D eigenvalue weighted by atomic mass is 35.5. The van der Waals surface area contributed by atoms with E-state index in [2.05, 4.69) is 10.3 Å². The quantitative estimate of drug-likeness (QED) is 0.773. The Bertz CT molecular complexity index is 962. The molecule has 0 radical (unpaired) electrons. The minimum absolute atomic E-state index is 0.184. The van der Waals surface area contributed by atoms with E-state index in [1.54, 1.807) is 25.1 Å². The van der Waals surface area contributed by atoms with E-state index in [4.69, 9.17) is 11.6 Å². The van der Waals surface area contributed by atoms with Crippen molar-refractivity contribution in [1.29, 1.82) is 0 Å². The summed E-state index contributed by atoms with van der Waals surface area (Å²) in [7, 11) is 0. The summed E-state index contributed by atoms with van der Waals surface area (Å²) in [5.41, 5.74) is 1.68. The maximum Gasteiger partial charge on any atom is 0.326 e. The van der Waals surface area contributed by atoms with Crippen LogP contribution in [0.5, 0.6) is 0 Å². The lowest BCUT2D eigenvalue weighted by atomic mass is 10.2. The standard InChI is InChI=1S/C16H13ClFN3O2/c1-9-11(17)3-2-4-12(9)19-15(22)8-21-14-6-5-10(18)7-13(14)20-16(21)23/h2-7H,8H2,1H3,(H,19,22)(H,20,23). The molecule has 0 fully saturated rings. The predicted molar refractivity (Wildman–Crippen MR) is 87.3 cm³/mol. The molecule has 23 heavy (non-hydrogen) atoms. The van der Waals surface area contributed by atoms with Crippen LogP contribution < -0.4 is 11.0 Å². The Morgan fingerprint density at radius 1 is 1.35 bits per heavy atom. The van der Waals surface area contributed by atoms with Crippen LogP contribution in [-0.4, -0.2) is 15.5 Å². The van der Waals surface area contributed by atoms with Crippen molar-refractivity contribution in [3.63, 3.8) is 0 Å². The number of hydrogen-bond acceptors (Lipinski definition) is 2. The molecule has 0 aliphatic carbocycles. The van der Waals surface area contributed by atoms with E-state index in [-0.39, 0.29) is 12.5 Å². The number of nitrogens with zero attached hydrogens (tertiary/aromatic N) is 1. The van der Waals surface area contributed by atoms with Gasteiger partial charge < -0.3 is 10.3 Å². The molecule has 0 spiro atoms. The molecule has 1 amide bonds. The predicted octanol–water partition coefficient (Wildman–Crippen LogP) is 3.07. The number of anilines is 1. The molecule has 0 bridgehead atoms. The molecule has 3 aromatic rings. The summed E-state index contributed by atoms with van der Waals surface area (Å²) in [5, 5.41) is 3.27. The number of aromatic amines is 1. The van der Waals surface area contributed by atoms with Crippen LogP contribution in [0.2, 0.25) is 5.02 Å². The molecule has 5 nitrogen and oxygen atoms in total. The van der Waals surface area contributed by atoms with Crippen LogP contribution in [0.4, 0.5) is 10.1 Å². The Morgan fingerprint density at radius 2 is 2.13 bits per heavy atom. The molecular formula is C16H13ClFN3O2. The number of carbonyl (C=O) groups is 1. The lowest BCUT2D eigenvalue weighted by Crippen LogP contribution is -2.26. The second-order valence-corrected chi connectivity index (χ2v) is 5.55. The van der Waals surface area contributed by atoms with Gasteiger partial charge in [0, 0.05) is 10.7 Å². The first kappa shape index (κ1) is 15.3. The second-order valence-electron chi connectivity index (χ2n) is 5.14. The van der Waals surface area contributed by atoms with Gasteiger partial charge in [-0.2, -0.15) is 0 Å². The topological polar surface area (TPSA) is 66.9 Å². The number of halogens is 2. The molecule has 118 valence electrons. The van der Waals surface area contributed by atoms with E-state index in [0.29, 0.717) is 21.7 Å². The van der Waals surface area contributed by atoms with Crippen molar-refractivity contribution in [2.75, 3.05) is 5.32 Å². The molecule has 0 saturated carbocycles. The molecule has 2 N–H and O–H groups in total. The highest BCUT2D eigenvalue weighted by molar-refractivity contribution is 6.31. The van der Waals surface area contributed by atoms with Crippen molar-refractivity contribution in [3.8, 4) is 0 Å². The number of aromatic nitrogens is 2. The maximum atomic E-state index is 13.2. The Morgan fingerprint density at radius 3 is 2.91 bits per heavy atom. The third-order valence-electron chi connectivity index (χ3n) is 3.58. The molecule has 0 aliphatic rings. The number of nitrogens with one attached hydrogen (secondary N) is 2. The molecule has 3 rings (SSSR count). The highest BCUT2D eigenvalue weighted by Crippen LogP contribution is 2.23. The fraction of sp³-hybridized carbons (Fsp3) is 0.125. The molecule has 1 heterocycles. The van der Waals surface area contributed by atoms with Crippen LogP contribution in [0.1, 0.15) is 5.56 Å². The van der Waals surface area contributed by atoms with Gasteiger partial charge in [-0.3, -0.25) is 9.36 Å². The van der Waals surface area contributed by atoms with Crippen molar-refractivity contribution < 1.29 is 9.18 Å². The lowest BCUT2D eigenvalue weighted by Gasteiger charge is -2.10. The minimum Gasteiger partial charge on any atom is -0.324 e. The van der Waals surface area contributed by atoms with Gasteiger partial charge in [0.1, 0.15) is 12.4 Å². The van der Waals surface area contributed by atoms with Gasteiger partial charge in [0.25, 0.3) is 0 Å². The summed E-state index contributed by atoms with van der Waals surface area (Å²) < 4.78 is 14.4. The van der Waals surface area contributed by atoms with Crippen LogP contribution in [0.15, 0.2) is 41.2 Å². The summed E-state index contributed by atoms with van der Waals surface area (Å²) in [6, 6.07) is 9.10. The first-order valence-electron chi connectivity index (χ1n) is 6.89. The number of hydrogen-bond donors (Lipinski definition) is 2. The zero-order chi connectivity index (χ0) is 16.6. The molecular weight excluding hydrogens is 321 g/mol. The average Bonchev–Trinajstić information content (AvgIpc) is 2.79. The van der Waals surface area contributed by atoms with Gasteiger partial charge in [-0.05, 0) is 42.8 Å². The SMILES string of the molecule is Cc1c(Cl)cccc1NC(=O)Cn1c(=O)[nH]c2cc(F)ccc21. The van der Waals surface area contributed by atoms with Crippen molar-refractivity contribution in [1.82, 2.24) is 9.55 Å². The van der Waals surface area contributed by atoms with E-state index < -0.39 is 11.5 Å². The van der Waals surface area contributed by atoms with Crippen molar-refractivity contribution in [3.05, 3.63) is 63.3 Å². The smallest absolute Gasteiger partial charge is 0.324 e. The first-order chi connectivity index (χ1) is 11.0. The van der Waals surface area contributed by atoms with E-state index in [9.17, 15) is 14.0 Å². The zero-order valence-electron chi connectivity index (χ0n) is 12.2. The first-order valence-corrected chi connectivity index (χ1v) is 7.26. The zero-order valence-corrected chi connectivity index (χ0v) is 12.9. The molecule has 7 heteroatoms. The number of rotatable bonds is 3. The largest absolute Gasteiger partial charge is 0.326 e. The lowest BCUT2D eigenvalue weighted by molar-refractivity contribution is -0.116. The Balaban J connectivity index is 1.87. The van der Waals surface area contributed by atoms with E-state index in [1.807, 2.05) is 0 Å². The van der Waals surface area contributed by atoms with E-state index in [0.717, 1.165) is 5.56 Å². The van der Waals surface area contributed by atoms with Crippen molar-refractivity contribution >= 4 is 34.2 Å². The minimum atomic E-state index is -0.469. The Labute approximate surface area is 135 Å². The summed E-state index contributed by atoms with van der Waals surface area (Å²) in [6.45, 7) is 1.61. The van der Waals surface area contributed by atoms with Crippen molar-refractivity contribution in [2.24, 2.45) is 0 Å². The van der Waals surface area contributed by atoms with Crippen LogP contribution in [0, 0.1) is 12.7 Å². The van der Waals surface area contributed by atoms with E-state index in [1.165, 1.54) is 22.8 Å². The highest BCUT2D eigenvalue weighted by Gasteiger charge is 2.12. The van der Waals surface area contributed by atoms with Crippen LogP contribution in [0.3, 0.4) is 0 Å². The molecule has 1 aromatic heterocycles. The summed E-state index contributed by atoms with van der Waals surface area (Å²) >= 11 is 6.01. The fourth-order valence-corrected chi connectivity index (χ4v) is 2.54. The Kier molecular flexibility index (Phi) is 3.92. The maximum absolute atomic E-state index is 13.2. The van der Waals surface area contributed by atoms with Gasteiger partial charge in [0.2, 0.25) is 5.91 Å². The third-order valence-corrected chi connectivity index (χ3v) is 3.99. The molecule has 0 unspecified atom stereocenters. The van der Waals surface area contributed by atoms with Gasteiger partial charge >= 0.3 is 5.69 Å².